The smallest absolute Gasteiger partial charge is 0.326 e. The molecule has 0 saturated heterocycles. The highest BCUT2D eigenvalue weighted by atomic mass is 16.4. The van der Waals surface area contributed by atoms with E-state index in [4.69, 9.17) is 5.11 Å². The average molecular weight is 241 g/mol. The molecule has 0 aromatic carbocycles. The van der Waals surface area contributed by atoms with Gasteiger partial charge in [0, 0.05) is 5.92 Å². The lowest BCUT2D eigenvalue weighted by Gasteiger charge is -2.23. The van der Waals surface area contributed by atoms with Crippen molar-refractivity contribution in [3.05, 3.63) is 0 Å². The predicted octanol–water partition coefficient (Wildman–Crippen LogP) is 2.04. The van der Waals surface area contributed by atoms with Crippen molar-refractivity contribution in [2.75, 3.05) is 0 Å². The van der Waals surface area contributed by atoms with Gasteiger partial charge in [-0.25, -0.2) is 4.79 Å². The van der Waals surface area contributed by atoms with Crippen LogP contribution in [-0.4, -0.2) is 23.0 Å². The molecule has 4 nitrogen and oxygen atoms in total. The lowest BCUT2D eigenvalue weighted by atomic mass is 9.88. The van der Waals surface area contributed by atoms with Crippen LogP contribution < -0.4 is 5.32 Å². The molecule has 4 heteroatoms. The van der Waals surface area contributed by atoms with E-state index in [1.807, 2.05) is 6.92 Å². The van der Waals surface area contributed by atoms with Crippen molar-refractivity contribution in [1.29, 1.82) is 0 Å². The van der Waals surface area contributed by atoms with E-state index in [1.165, 1.54) is 0 Å². The largest absolute Gasteiger partial charge is 0.480 e. The maximum Gasteiger partial charge on any atom is 0.326 e. The van der Waals surface area contributed by atoms with Crippen molar-refractivity contribution >= 4 is 11.9 Å². The summed E-state index contributed by atoms with van der Waals surface area (Å²) in [6, 6.07) is -0.681. The molecule has 1 aliphatic rings. The summed E-state index contributed by atoms with van der Waals surface area (Å²) >= 11 is 0. The molecule has 98 valence electrons. The Morgan fingerprint density at radius 1 is 1.29 bits per heavy atom. The van der Waals surface area contributed by atoms with E-state index in [0.29, 0.717) is 5.92 Å². The van der Waals surface area contributed by atoms with Gasteiger partial charge in [0.15, 0.2) is 0 Å². The molecule has 0 aromatic heterocycles. The van der Waals surface area contributed by atoms with E-state index in [0.717, 1.165) is 25.7 Å². The Morgan fingerprint density at radius 2 is 1.82 bits per heavy atom. The molecule has 0 radical (unpaired) electrons. The number of amides is 1. The molecule has 1 rings (SSSR count). The molecular formula is C13H23NO3. The predicted molar refractivity (Wildman–Crippen MR) is 65.5 cm³/mol. The van der Waals surface area contributed by atoms with Gasteiger partial charge in [0.05, 0.1) is 0 Å². The SMILES string of the molecule is CCC(CC)C(C)C(=O)NC(C(=O)O)C1CC1. The van der Waals surface area contributed by atoms with Crippen LogP contribution in [0.4, 0.5) is 0 Å². The summed E-state index contributed by atoms with van der Waals surface area (Å²) in [6.07, 6.45) is 3.73. The topological polar surface area (TPSA) is 66.4 Å². The van der Waals surface area contributed by atoms with Gasteiger partial charge in [-0.05, 0) is 24.7 Å². The van der Waals surface area contributed by atoms with Crippen LogP contribution in [0.1, 0.15) is 46.5 Å². The molecule has 0 aromatic rings. The Morgan fingerprint density at radius 3 is 2.18 bits per heavy atom. The van der Waals surface area contributed by atoms with E-state index in [-0.39, 0.29) is 17.7 Å². The van der Waals surface area contributed by atoms with Crippen LogP contribution in [0.25, 0.3) is 0 Å². The Kier molecular flexibility index (Phi) is 4.97. The van der Waals surface area contributed by atoms with E-state index < -0.39 is 12.0 Å². The van der Waals surface area contributed by atoms with Crippen LogP contribution >= 0.6 is 0 Å². The minimum Gasteiger partial charge on any atom is -0.480 e. The molecule has 2 N–H and O–H groups in total. The Labute approximate surface area is 103 Å². The van der Waals surface area contributed by atoms with Crippen LogP contribution in [0.2, 0.25) is 0 Å². The van der Waals surface area contributed by atoms with Gasteiger partial charge in [0.25, 0.3) is 0 Å². The third-order valence-corrected chi connectivity index (χ3v) is 3.83. The van der Waals surface area contributed by atoms with E-state index >= 15 is 0 Å². The molecule has 2 unspecified atom stereocenters. The van der Waals surface area contributed by atoms with Crippen LogP contribution in [0.3, 0.4) is 0 Å². The zero-order valence-corrected chi connectivity index (χ0v) is 10.9. The first-order valence-corrected chi connectivity index (χ1v) is 6.54. The molecule has 1 saturated carbocycles. The molecule has 1 fully saturated rings. The first kappa shape index (κ1) is 14.0. The minimum absolute atomic E-state index is 0.106. The molecule has 1 aliphatic carbocycles. The van der Waals surface area contributed by atoms with Gasteiger partial charge >= 0.3 is 5.97 Å². The highest BCUT2D eigenvalue weighted by Gasteiger charge is 2.38. The zero-order valence-electron chi connectivity index (χ0n) is 10.9. The van der Waals surface area contributed by atoms with Crippen LogP contribution in [0.15, 0.2) is 0 Å². The van der Waals surface area contributed by atoms with Crippen molar-refractivity contribution < 1.29 is 14.7 Å². The van der Waals surface area contributed by atoms with Gasteiger partial charge in [0.2, 0.25) is 5.91 Å². The molecule has 1 amide bonds. The molecule has 2 atom stereocenters. The normalized spacial score (nSPS) is 18.8. The molecule has 17 heavy (non-hydrogen) atoms. The molecule has 0 spiro atoms. The molecule has 0 heterocycles. The van der Waals surface area contributed by atoms with Crippen LogP contribution in [0, 0.1) is 17.8 Å². The Balaban J connectivity index is 2.54. The number of carboxylic acids is 1. The third kappa shape index (κ3) is 3.72. The number of carbonyl (C=O) groups is 2. The second-order valence-electron chi connectivity index (χ2n) is 5.03. The number of rotatable bonds is 7. The van der Waals surface area contributed by atoms with Crippen molar-refractivity contribution in [1.82, 2.24) is 5.32 Å². The first-order chi connectivity index (χ1) is 8.01. The lowest BCUT2D eigenvalue weighted by molar-refractivity contribution is -0.143. The van der Waals surface area contributed by atoms with Crippen molar-refractivity contribution in [3.8, 4) is 0 Å². The number of aliphatic carboxylic acids is 1. The quantitative estimate of drug-likeness (QED) is 0.716. The molecule has 0 aliphatic heterocycles. The van der Waals surface area contributed by atoms with E-state index in [1.54, 1.807) is 0 Å². The maximum atomic E-state index is 12.0. The Bertz CT molecular complexity index is 282. The van der Waals surface area contributed by atoms with Gasteiger partial charge in [0.1, 0.15) is 6.04 Å². The summed E-state index contributed by atoms with van der Waals surface area (Å²) in [4.78, 5) is 23.0. The van der Waals surface area contributed by atoms with Gasteiger partial charge in [-0.2, -0.15) is 0 Å². The monoisotopic (exact) mass is 241 g/mol. The molecule has 0 bridgehead atoms. The number of carboxylic acid groups (broad SMARTS) is 1. The van der Waals surface area contributed by atoms with Crippen molar-refractivity contribution in [2.24, 2.45) is 17.8 Å². The summed E-state index contributed by atoms with van der Waals surface area (Å²) in [7, 11) is 0. The van der Waals surface area contributed by atoms with E-state index in [2.05, 4.69) is 19.2 Å². The number of carbonyl (C=O) groups excluding carboxylic acids is 1. The van der Waals surface area contributed by atoms with Crippen LogP contribution in [-0.2, 0) is 9.59 Å². The van der Waals surface area contributed by atoms with Crippen molar-refractivity contribution in [2.45, 2.75) is 52.5 Å². The van der Waals surface area contributed by atoms with E-state index in [9.17, 15) is 9.59 Å². The van der Waals surface area contributed by atoms with Gasteiger partial charge in [-0.1, -0.05) is 33.6 Å². The second kappa shape index (κ2) is 6.03. The van der Waals surface area contributed by atoms with Gasteiger partial charge in [-0.15, -0.1) is 0 Å². The summed E-state index contributed by atoms with van der Waals surface area (Å²) < 4.78 is 0. The fraction of sp³-hybridized carbons (Fsp3) is 0.846. The molecular weight excluding hydrogens is 218 g/mol. The number of nitrogens with one attached hydrogen (secondary N) is 1. The fourth-order valence-electron chi connectivity index (χ4n) is 2.31. The van der Waals surface area contributed by atoms with Gasteiger partial charge in [-0.3, -0.25) is 4.79 Å². The summed E-state index contributed by atoms with van der Waals surface area (Å²) in [5, 5.41) is 11.7. The highest BCUT2D eigenvalue weighted by Crippen LogP contribution is 2.33. The Hall–Kier alpha value is -1.06. The minimum atomic E-state index is -0.905. The fourth-order valence-corrected chi connectivity index (χ4v) is 2.31. The van der Waals surface area contributed by atoms with Crippen molar-refractivity contribution in [3.63, 3.8) is 0 Å². The highest BCUT2D eigenvalue weighted by molar-refractivity contribution is 5.85. The van der Waals surface area contributed by atoms with Crippen LogP contribution in [0.5, 0.6) is 0 Å². The summed E-state index contributed by atoms with van der Waals surface area (Å²) in [5.41, 5.74) is 0. The number of hydrogen-bond donors (Lipinski definition) is 2. The maximum absolute atomic E-state index is 12.0. The lowest BCUT2D eigenvalue weighted by Crippen LogP contribution is -2.45. The first-order valence-electron chi connectivity index (χ1n) is 6.54. The standard InChI is InChI=1S/C13H23NO3/c1-4-9(5-2)8(3)12(15)14-11(13(16)17)10-6-7-10/h8-11H,4-7H2,1-3H3,(H,14,15)(H,16,17). The summed E-state index contributed by atoms with van der Waals surface area (Å²) in [5.74, 6) is -0.643. The second-order valence-corrected chi connectivity index (χ2v) is 5.03. The van der Waals surface area contributed by atoms with Gasteiger partial charge < -0.3 is 10.4 Å². The summed E-state index contributed by atoms with van der Waals surface area (Å²) in [6.45, 7) is 6.01. The zero-order chi connectivity index (χ0) is 13.0. The number of hydrogen-bond acceptors (Lipinski definition) is 2. The third-order valence-electron chi connectivity index (χ3n) is 3.83. The average Bonchev–Trinajstić information content (AvgIpc) is 3.10.